The van der Waals surface area contributed by atoms with Gasteiger partial charge in [0.05, 0.1) is 16.7 Å². The molecule has 0 bridgehead atoms. The van der Waals surface area contributed by atoms with Crippen molar-refractivity contribution in [1.29, 1.82) is 0 Å². The van der Waals surface area contributed by atoms with Gasteiger partial charge in [0, 0.05) is 12.7 Å². The fourth-order valence-electron chi connectivity index (χ4n) is 1.87. The predicted octanol–water partition coefficient (Wildman–Crippen LogP) is 2.00. The monoisotopic (exact) mass is 188 g/mol. The molecule has 14 heavy (non-hydrogen) atoms. The Hall–Kier alpha value is -1.64. The standard InChI is InChI=1S/C11H12N2O/c1-7-4-8(2)12-10-5-9(6-14)13(3)11(7)10/h4-6H,1-3H3. The molecule has 3 heteroatoms. The Labute approximate surface area is 82.4 Å². The highest BCUT2D eigenvalue weighted by Crippen LogP contribution is 2.20. The zero-order chi connectivity index (χ0) is 10.3. The van der Waals surface area contributed by atoms with Crippen LogP contribution in [0.2, 0.25) is 0 Å². The third-order valence-electron chi connectivity index (χ3n) is 2.47. The van der Waals surface area contributed by atoms with E-state index in [4.69, 9.17) is 0 Å². The van der Waals surface area contributed by atoms with Gasteiger partial charge in [-0.15, -0.1) is 0 Å². The maximum Gasteiger partial charge on any atom is 0.166 e. The van der Waals surface area contributed by atoms with Gasteiger partial charge >= 0.3 is 0 Å². The summed E-state index contributed by atoms with van der Waals surface area (Å²) >= 11 is 0. The lowest BCUT2D eigenvalue weighted by molar-refractivity contribution is 0.111. The van der Waals surface area contributed by atoms with Crippen molar-refractivity contribution in [2.24, 2.45) is 7.05 Å². The van der Waals surface area contributed by atoms with E-state index >= 15 is 0 Å². The maximum atomic E-state index is 10.7. The molecule has 2 aromatic rings. The fraction of sp³-hybridized carbons (Fsp3) is 0.273. The van der Waals surface area contributed by atoms with Gasteiger partial charge in [0.2, 0.25) is 0 Å². The van der Waals surface area contributed by atoms with Crippen LogP contribution in [-0.4, -0.2) is 15.8 Å². The number of carbonyl (C=O) groups is 1. The first-order chi connectivity index (χ1) is 6.63. The Morgan fingerprint density at radius 3 is 2.71 bits per heavy atom. The second kappa shape index (κ2) is 2.94. The number of pyridine rings is 1. The van der Waals surface area contributed by atoms with Crippen LogP contribution in [0, 0.1) is 13.8 Å². The van der Waals surface area contributed by atoms with Crippen LogP contribution in [0.3, 0.4) is 0 Å². The molecular weight excluding hydrogens is 176 g/mol. The minimum Gasteiger partial charge on any atom is -0.340 e. The van der Waals surface area contributed by atoms with Crippen molar-refractivity contribution in [2.45, 2.75) is 13.8 Å². The number of aryl methyl sites for hydroxylation is 3. The number of fused-ring (bicyclic) bond motifs is 1. The molecule has 0 N–H and O–H groups in total. The summed E-state index contributed by atoms with van der Waals surface area (Å²) in [6.07, 6.45) is 0.858. The average molecular weight is 188 g/mol. The Morgan fingerprint density at radius 2 is 2.07 bits per heavy atom. The Morgan fingerprint density at radius 1 is 1.36 bits per heavy atom. The van der Waals surface area contributed by atoms with E-state index in [0.29, 0.717) is 5.69 Å². The maximum absolute atomic E-state index is 10.7. The molecular formula is C11H12N2O. The van der Waals surface area contributed by atoms with Gasteiger partial charge in [-0.05, 0) is 31.5 Å². The van der Waals surface area contributed by atoms with E-state index in [9.17, 15) is 4.79 Å². The minimum absolute atomic E-state index is 0.668. The quantitative estimate of drug-likeness (QED) is 0.641. The molecule has 0 saturated heterocycles. The smallest absolute Gasteiger partial charge is 0.166 e. The zero-order valence-electron chi connectivity index (χ0n) is 8.53. The zero-order valence-corrected chi connectivity index (χ0v) is 8.53. The molecule has 0 aromatic carbocycles. The highest BCUT2D eigenvalue weighted by atomic mass is 16.1. The second-order valence-corrected chi connectivity index (χ2v) is 3.56. The molecule has 2 aromatic heterocycles. The predicted molar refractivity (Wildman–Crippen MR) is 55.6 cm³/mol. The van der Waals surface area contributed by atoms with Crippen molar-refractivity contribution < 1.29 is 4.79 Å². The summed E-state index contributed by atoms with van der Waals surface area (Å²) in [4.78, 5) is 15.1. The highest BCUT2D eigenvalue weighted by Gasteiger charge is 2.08. The van der Waals surface area contributed by atoms with Crippen LogP contribution >= 0.6 is 0 Å². The van der Waals surface area contributed by atoms with E-state index in [2.05, 4.69) is 4.98 Å². The van der Waals surface area contributed by atoms with E-state index in [1.807, 2.05) is 37.6 Å². The molecule has 3 nitrogen and oxygen atoms in total. The molecule has 0 amide bonds. The molecule has 0 saturated carbocycles. The van der Waals surface area contributed by atoms with Crippen molar-refractivity contribution in [2.75, 3.05) is 0 Å². The number of aldehydes is 1. The Balaban J connectivity index is 2.92. The van der Waals surface area contributed by atoms with Crippen LogP contribution in [0.15, 0.2) is 12.1 Å². The number of nitrogens with zero attached hydrogens (tertiary/aromatic N) is 2. The third kappa shape index (κ3) is 1.13. The largest absolute Gasteiger partial charge is 0.340 e. The molecule has 72 valence electrons. The van der Waals surface area contributed by atoms with Crippen LogP contribution in [0.25, 0.3) is 11.0 Å². The van der Waals surface area contributed by atoms with Crippen molar-refractivity contribution in [1.82, 2.24) is 9.55 Å². The first-order valence-electron chi connectivity index (χ1n) is 4.52. The van der Waals surface area contributed by atoms with Gasteiger partial charge in [-0.1, -0.05) is 0 Å². The van der Waals surface area contributed by atoms with Gasteiger partial charge in [-0.25, -0.2) is 0 Å². The second-order valence-electron chi connectivity index (χ2n) is 3.56. The molecule has 0 aliphatic heterocycles. The first-order valence-corrected chi connectivity index (χ1v) is 4.52. The van der Waals surface area contributed by atoms with E-state index in [-0.39, 0.29) is 0 Å². The van der Waals surface area contributed by atoms with E-state index < -0.39 is 0 Å². The summed E-state index contributed by atoms with van der Waals surface area (Å²) in [5.41, 5.74) is 4.74. The van der Waals surface area contributed by atoms with Gasteiger partial charge in [-0.3, -0.25) is 9.78 Å². The molecule has 0 unspecified atom stereocenters. The summed E-state index contributed by atoms with van der Waals surface area (Å²) in [6, 6.07) is 3.85. The Kier molecular flexibility index (Phi) is 1.88. The van der Waals surface area contributed by atoms with Crippen molar-refractivity contribution in [3.8, 4) is 0 Å². The van der Waals surface area contributed by atoms with Crippen molar-refractivity contribution in [3.05, 3.63) is 29.1 Å². The molecule has 2 heterocycles. The van der Waals surface area contributed by atoms with E-state index in [1.165, 1.54) is 0 Å². The number of aromatic nitrogens is 2. The Bertz CT molecular complexity index is 511. The lowest BCUT2D eigenvalue weighted by Crippen LogP contribution is -1.95. The normalized spacial score (nSPS) is 10.8. The lowest BCUT2D eigenvalue weighted by atomic mass is 10.2. The van der Waals surface area contributed by atoms with Gasteiger partial charge in [0.1, 0.15) is 0 Å². The van der Waals surface area contributed by atoms with Crippen molar-refractivity contribution in [3.63, 3.8) is 0 Å². The molecule has 0 fully saturated rings. The van der Waals surface area contributed by atoms with Gasteiger partial charge in [0.25, 0.3) is 0 Å². The molecule has 0 radical (unpaired) electrons. The van der Waals surface area contributed by atoms with Crippen molar-refractivity contribution >= 4 is 17.3 Å². The molecule has 2 rings (SSSR count). The topological polar surface area (TPSA) is 34.9 Å². The molecule has 0 aliphatic carbocycles. The number of hydrogen-bond donors (Lipinski definition) is 0. The number of hydrogen-bond acceptors (Lipinski definition) is 2. The summed E-state index contributed by atoms with van der Waals surface area (Å²) in [6.45, 7) is 3.99. The number of carbonyl (C=O) groups excluding carboxylic acids is 1. The SMILES string of the molecule is Cc1cc(C)c2c(cc(C=O)n2C)n1. The van der Waals surface area contributed by atoms with Crippen LogP contribution < -0.4 is 0 Å². The summed E-state index contributed by atoms with van der Waals surface area (Å²) in [5.74, 6) is 0. The molecule has 0 atom stereocenters. The summed E-state index contributed by atoms with van der Waals surface area (Å²) in [7, 11) is 1.88. The molecule has 0 aliphatic rings. The lowest BCUT2D eigenvalue weighted by Gasteiger charge is -2.02. The van der Waals surface area contributed by atoms with Gasteiger partial charge in [0.15, 0.2) is 6.29 Å². The third-order valence-corrected chi connectivity index (χ3v) is 2.47. The van der Waals surface area contributed by atoms with Crippen LogP contribution in [0.1, 0.15) is 21.7 Å². The van der Waals surface area contributed by atoms with Crippen LogP contribution in [0.4, 0.5) is 0 Å². The van der Waals surface area contributed by atoms with Gasteiger partial charge in [-0.2, -0.15) is 0 Å². The van der Waals surface area contributed by atoms with E-state index in [0.717, 1.165) is 28.6 Å². The average Bonchev–Trinajstić information content (AvgIpc) is 2.42. The summed E-state index contributed by atoms with van der Waals surface area (Å²) < 4.78 is 1.88. The highest BCUT2D eigenvalue weighted by molar-refractivity contribution is 5.88. The fourth-order valence-corrected chi connectivity index (χ4v) is 1.87. The van der Waals surface area contributed by atoms with Crippen LogP contribution in [-0.2, 0) is 7.05 Å². The summed E-state index contributed by atoms with van der Waals surface area (Å²) in [5, 5.41) is 0. The minimum atomic E-state index is 0.668. The van der Waals surface area contributed by atoms with E-state index in [1.54, 1.807) is 0 Å². The molecule has 0 spiro atoms. The van der Waals surface area contributed by atoms with Crippen LogP contribution in [0.5, 0.6) is 0 Å². The number of rotatable bonds is 1. The first kappa shape index (κ1) is 8.94. The van der Waals surface area contributed by atoms with Gasteiger partial charge < -0.3 is 4.57 Å².